The van der Waals surface area contributed by atoms with E-state index in [2.05, 4.69) is 52.3 Å². The molecule has 0 aliphatic rings. The molecule has 4 rings (SSSR count). The van der Waals surface area contributed by atoms with E-state index in [9.17, 15) is 14.9 Å². The Morgan fingerprint density at radius 3 is 2.25 bits per heavy atom. The lowest BCUT2D eigenvalue weighted by molar-refractivity contribution is -0.384. The lowest BCUT2D eigenvalue weighted by atomic mass is 9.87. The zero-order valence-electron chi connectivity index (χ0n) is 20.0. The summed E-state index contributed by atoms with van der Waals surface area (Å²) in [5.41, 5.74) is 7.04. The normalized spacial score (nSPS) is 11.6. The third-order valence-electron chi connectivity index (χ3n) is 5.57. The molecular weight excluding hydrogens is 522 g/mol. The predicted molar refractivity (Wildman–Crippen MR) is 144 cm³/mol. The SMILES string of the molecule is CC(C)(C)c1ccc(C(=O)N/N=C\c2cn(-c3ccc([N+](=O)[O-])cc3)nc2-c2ccc(Br)cc2)cc1. The van der Waals surface area contributed by atoms with Crippen molar-refractivity contribution in [2.75, 3.05) is 0 Å². The summed E-state index contributed by atoms with van der Waals surface area (Å²) in [5.74, 6) is -0.320. The summed E-state index contributed by atoms with van der Waals surface area (Å²) in [6.07, 6.45) is 3.29. The third kappa shape index (κ3) is 5.75. The lowest BCUT2D eigenvalue weighted by Gasteiger charge is -2.18. The van der Waals surface area contributed by atoms with E-state index in [0.29, 0.717) is 22.5 Å². The first kappa shape index (κ1) is 25.0. The zero-order chi connectivity index (χ0) is 25.9. The van der Waals surface area contributed by atoms with E-state index in [-0.39, 0.29) is 17.0 Å². The van der Waals surface area contributed by atoms with Crippen LogP contribution in [0.2, 0.25) is 0 Å². The topological polar surface area (TPSA) is 102 Å². The van der Waals surface area contributed by atoms with Crippen molar-refractivity contribution >= 4 is 33.7 Å². The molecule has 9 heteroatoms. The number of aromatic nitrogens is 2. The smallest absolute Gasteiger partial charge is 0.267 e. The van der Waals surface area contributed by atoms with Crippen LogP contribution in [0.1, 0.15) is 42.3 Å². The van der Waals surface area contributed by atoms with Crippen molar-refractivity contribution in [3.63, 3.8) is 0 Å². The first-order chi connectivity index (χ1) is 17.1. The molecule has 0 aliphatic heterocycles. The van der Waals surface area contributed by atoms with Gasteiger partial charge in [-0.1, -0.05) is 61.0 Å². The molecule has 4 aromatic rings. The Morgan fingerprint density at radius 1 is 1.03 bits per heavy atom. The van der Waals surface area contributed by atoms with Gasteiger partial charge in [0, 0.05) is 39.5 Å². The second kappa shape index (κ2) is 10.2. The largest absolute Gasteiger partial charge is 0.271 e. The molecule has 0 aliphatic carbocycles. The Hall–Kier alpha value is -4.11. The quantitative estimate of drug-likeness (QED) is 0.175. The zero-order valence-corrected chi connectivity index (χ0v) is 21.6. The molecule has 36 heavy (non-hydrogen) atoms. The van der Waals surface area contributed by atoms with Crippen LogP contribution in [-0.2, 0) is 5.41 Å². The lowest BCUT2D eigenvalue weighted by Crippen LogP contribution is -2.18. The van der Waals surface area contributed by atoms with Crippen LogP contribution in [0.5, 0.6) is 0 Å². The number of hydrazone groups is 1. The second-order valence-electron chi connectivity index (χ2n) is 9.18. The highest BCUT2D eigenvalue weighted by atomic mass is 79.9. The van der Waals surface area contributed by atoms with Crippen LogP contribution < -0.4 is 5.43 Å². The number of nitrogens with zero attached hydrogens (tertiary/aromatic N) is 4. The second-order valence-corrected chi connectivity index (χ2v) is 10.1. The first-order valence-corrected chi connectivity index (χ1v) is 12.0. The van der Waals surface area contributed by atoms with E-state index in [1.807, 2.05) is 36.4 Å². The van der Waals surface area contributed by atoms with Crippen molar-refractivity contribution in [1.82, 2.24) is 15.2 Å². The Balaban J connectivity index is 1.60. The summed E-state index contributed by atoms with van der Waals surface area (Å²) in [6.45, 7) is 6.35. The molecule has 1 amide bonds. The van der Waals surface area contributed by atoms with Crippen LogP contribution >= 0.6 is 15.9 Å². The van der Waals surface area contributed by atoms with Crippen LogP contribution in [0.25, 0.3) is 16.9 Å². The van der Waals surface area contributed by atoms with Crippen molar-refractivity contribution in [3.05, 3.63) is 110 Å². The van der Waals surface area contributed by atoms with Gasteiger partial charge in [-0.2, -0.15) is 10.2 Å². The maximum absolute atomic E-state index is 12.6. The van der Waals surface area contributed by atoms with Gasteiger partial charge in [-0.3, -0.25) is 14.9 Å². The van der Waals surface area contributed by atoms with Crippen molar-refractivity contribution in [3.8, 4) is 16.9 Å². The molecule has 0 unspecified atom stereocenters. The molecule has 1 N–H and O–H groups in total. The monoisotopic (exact) mass is 545 g/mol. The molecule has 182 valence electrons. The van der Waals surface area contributed by atoms with E-state index in [0.717, 1.165) is 15.6 Å². The van der Waals surface area contributed by atoms with Crippen molar-refractivity contribution in [2.24, 2.45) is 5.10 Å². The van der Waals surface area contributed by atoms with E-state index in [4.69, 9.17) is 0 Å². The molecule has 0 spiro atoms. The number of carbonyl (C=O) groups is 1. The number of rotatable bonds is 6. The van der Waals surface area contributed by atoms with Gasteiger partial charge < -0.3 is 0 Å². The minimum absolute atomic E-state index is 0.000411. The van der Waals surface area contributed by atoms with Crippen molar-refractivity contribution < 1.29 is 9.72 Å². The summed E-state index contributed by atoms with van der Waals surface area (Å²) < 4.78 is 2.55. The van der Waals surface area contributed by atoms with Crippen LogP contribution in [0.3, 0.4) is 0 Å². The fourth-order valence-corrected chi connectivity index (χ4v) is 3.78. The average Bonchev–Trinajstić information content (AvgIpc) is 3.28. The number of benzene rings is 3. The number of nitro groups is 1. The maximum atomic E-state index is 12.6. The Labute approximate surface area is 216 Å². The number of nitrogens with one attached hydrogen (secondary N) is 1. The average molecular weight is 546 g/mol. The standard InChI is InChI=1S/C27H24BrN5O3/c1-27(2,3)21-8-4-19(5-9-21)26(34)30-29-16-20-17-32(23-12-14-24(15-13-23)33(35)36)31-25(20)18-6-10-22(28)11-7-18/h4-17H,1-3H3,(H,30,34)/b29-16-. The maximum Gasteiger partial charge on any atom is 0.271 e. The molecule has 0 bridgehead atoms. The molecule has 0 saturated carbocycles. The molecule has 1 aromatic heterocycles. The van der Waals surface area contributed by atoms with Gasteiger partial charge >= 0.3 is 0 Å². The minimum atomic E-state index is -0.447. The number of hydrogen-bond acceptors (Lipinski definition) is 5. The van der Waals surface area contributed by atoms with Gasteiger partial charge in [0.15, 0.2) is 0 Å². The Bertz CT molecular complexity index is 1420. The van der Waals surface area contributed by atoms with Crippen LogP contribution in [0.15, 0.2) is 88.6 Å². The highest BCUT2D eigenvalue weighted by molar-refractivity contribution is 9.10. The highest BCUT2D eigenvalue weighted by Crippen LogP contribution is 2.25. The fraction of sp³-hybridized carbons (Fsp3) is 0.148. The van der Waals surface area contributed by atoms with Gasteiger partial charge in [0.05, 0.1) is 16.8 Å². The first-order valence-electron chi connectivity index (χ1n) is 11.2. The summed E-state index contributed by atoms with van der Waals surface area (Å²) in [5, 5.41) is 19.8. The number of nitro benzene ring substituents is 1. The van der Waals surface area contributed by atoms with Gasteiger partial charge in [-0.25, -0.2) is 10.1 Å². The van der Waals surface area contributed by atoms with E-state index in [1.165, 1.54) is 18.3 Å². The Morgan fingerprint density at radius 2 is 1.67 bits per heavy atom. The summed E-state index contributed by atoms with van der Waals surface area (Å²) in [6, 6.07) is 21.2. The van der Waals surface area contributed by atoms with Crippen molar-refractivity contribution in [2.45, 2.75) is 26.2 Å². The third-order valence-corrected chi connectivity index (χ3v) is 6.10. The summed E-state index contributed by atoms with van der Waals surface area (Å²) in [7, 11) is 0. The number of carbonyl (C=O) groups excluding carboxylic acids is 1. The number of hydrogen-bond donors (Lipinski definition) is 1. The van der Waals surface area contributed by atoms with Gasteiger partial charge in [0.25, 0.3) is 11.6 Å². The van der Waals surface area contributed by atoms with Crippen LogP contribution in [-0.4, -0.2) is 26.8 Å². The fourth-order valence-electron chi connectivity index (χ4n) is 3.52. The van der Waals surface area contributed by atoms with E-state index < -0.39 is 4.92 Å². The molecular formula is C27H24BrN5O3. The molecule has 8 nitrogen and oxygen atoms in total. The molecule has 0 atom stereocenters. The highest BCUT2D eigenvalue weighted by Gasteiger charge is 2.15. The Kier molecular flexibility index (Phi) is 7.12. The van der Waals surface area contributed by atoms with Gasteiger partial charge in [0.2, 0.25) is 0 Å². The summed E-state index contributed by atoms with van der Waals surface area (Å²) in [4.78, 5) is 23.1. The number of non-ortho nitro benzene ring substituents is 1. The molecule has 1 heterocycles. The van der Waals surface area contributed by atoms with Gasteiger partial charge in [-0.05, 0) is 47.4 Å². The van der Waals surface area contributed by atoms with Crippen LogP contribution in [0.4, 0.5) is 5.69 Å². The van der Waals surface area contributed by atoms with E-state index in [1.54, 1.807) is 35.1 Å². The number of amides is 1. The van der Waals surface area contributed by atoms with Gasteiger partial charge in [0.1, 0.15) is 5.69 Å². The molecule has 0 saturated heterocycles. The predicted octanol–water partition coefficient (Wildman–Crippen LogP) is 6.27. The van der Waals surface area contributed by atoms with Crippen LogP contribution in [0, 0.1) is 10.1 Å². The molecule has 0 radical (unpaired) electrons. The molecule has 3 aromatic carbocycles. The minimum Gasteiger partial charge on any atom is -0.267 e. The van der Waals surface area contributed by atoms with E-state index >= 15 is 0 Å². The molecule has 0 fully saturated rings. The van der Waals surface area contributed by atoms with Crippen molar-refractivity contribution in [1.29, 1.82) is 0 Å². The number of halogens is 1. The van der Waals surface area contributed by atoms with Gasteiger partial charge in [-0.15, -0.1) is 0 Å². The summed E-state index contributed by atoms with van der Waals surface area (Å²) >= 11 is 3.44.